The number of hydrogen-bond acceptors (Lipinski definition) is 3. The highest BCUT2D eigenvalue weighted by molar-refractivity contribution is 5.08. The largest absolute Gasteiger partial charge is 0.316 e. The molecule has 1 N–H and O–H groups in total. The number of alkyl halides is 1. The quantitative estimate of drug-likeness (QED) is 0.776. The summed E-state index contributed by atoms with van der Waals surface area (Å²) < 4.78 is 13.9. The van der Waals surface area contributed by atoms with Crippen molar-refractivity contribution in [1.29, 1.82) is 0 Å². The first-order chi connectivity index (χ1) is 6.88. The van der Waals surface area contributed by atoms with Gasteiger partial charge in [0.05, 0.1) is 0 Å². The zero-order valence-corrected chi connectivity index (χ0v) is 7.99. The number of rotatable bonds is 2. The summed E-state index contributed by atoms with van der Waals surface area (Å²) in [4.78, 5) is 7.66. The normalized spacial score (nSPS) is 24.5. The molecule has 0 amide bonds. The minimum Gasteiger partial charge on any atom is -0.316 e. The zero-order chi connectivity index (χ0) is 9.80. The second kappa shape index (κ2) is 4.46. The summed E-state index contributed by atoms with van der Waals surface area (Å²) in [6.07, 6.45) is 5.62. The highest BCUT2D eigenvalue weighted by atomic mass is 19.1. The van der Waals surface area contributed by atoms with Crippen molar-refractivity contribution in [2.75, 3.05) is 13.1 Å². The second-order valence-corrected chi connectivity index (χ2v) is 3.68. The van der Waals surface area contributed by atoms with Gasteiger partial charge >= 0.3 is 0 Å². The molecule has 1 aromatic rings. The van der Waals surface area contributed by atoms with Crippen molar-refractivity contribution < 1.29 is 4.39 Å². The smallest absolute Gasteiger partial charge is 0.132 e. The Morgan fingerprint density at radius 2 is 2.21 bits per heavy atom. The Morgan fingerprint density at radius 3 is 2.86 bits per heavy atom. The van der Waals surface area contributed by atoms with Gasteiger partial charge in [-0.25, -0.2) is 14.4 Å². The fraction of sp³-hybridized carbons (Fsp3) is 0.600. The molecular formula is C10H14FN3. The van der Waals surface area contributed by atoms with E-state index < -0.39 is 6.17 Å². The van der Waals surface area contributed by atoms with Gasteiger partial charge in [-0.05, 0) is 19.4 Å². The Kier molecular flexibility index (Phi) is 3.03. The van der Waals surface area contributed by atoms with Gasteiger partial charge in [0.25, 0.3) is 0 Å². The SMILES string of the molecule is FC(c1cncnc1)C1CCCNC1. The van der Waals surface area contributed by atoms with Crippen LogP contribution in [0.15, 0.2) is 18.7 Å². The summed E-state index contributed by atoms with van der Waals surface area (Å²) in [6, 6.07) is 0. The van der Waals surface area contributed by atoms with E-state index in [0.717, 1.165) is 25.9 Å². The third-order valence-electron chi connectivity index (χ3n) is 2.65. The molecule has 0 bridgehead atoms. The van der Waals surface area contributed by atoms with Crippen LogP contribution in [0, 0.1) is 5.92 Å². The summed E-state index contributed by atoms with van der Waals surface area (Å²) in [7, 11) is 0. The maximum atomic E-state index is 13.9. The predicted octanol–water partition coefficient (Wildman–Crippen LogP) is 1.49. The van der Waals surface area contributed by atoms with Crippen LogP contribution in [0.25, 0.3) is 0 Å². The van der Waals surface area contributed by atoms with Crippen LogP contribution in [0.2, 0.25) is 0 Å². The molecule has 4 heteroatoms. The van der Waals surface area contributed by atoms with Crippen LogP contribution in [0.1, 0.15) is 24.6 Å². The molecule has 1 aliphatic rings. The van der Waals surface area contributed by atoms with Gasteiger partial charge in [-0.2, -0.15) is 0 Å². The minimum atomic E-state index is -0.927. The van der Waals surface area contributed by atoms with E-state index in [2.05, 4.69) is 15.3 Å². The molecule has 1 fully saturated rings. The summed E-state index contributed by atoms with van der Waals surface area (Å²) in [5.74, 6) is 0.0785. The van der Waals surface area contributed by atoms with Gasteiger partial charge in [-0.1, -0.05) is 0 Å². The monoisotopic (exact) mass is 195 g/mol. The molecular weight excluding hydrogens is 181 g/mol. The predicted molar refractivity (Wildman–Crippen MR) is 51.5 cm³/mol. The molecule has 0 aromatic carbocycles. The number of piperidine rings is 1. The number of hydrogen-bond donors (Lipinski definition) is 1. The van der Waals surface area contributed by atoms with Crippen LogP contribution in [-0.4, -0.2) is 23.1 Å². The minimum absolute atomic E-state index is 0.0785. The number of halogens is 1. The summed E-state index contributed by atoms with van der Waals surface area (Å²) in [6.45, 7) is 1.77. The van der Waals surface area contributed by atoms with E-state index in [1.54, 1.807) is 12.4 Å². The Morgan fingerprint density at radius 1 is 1.43 bits per heavy atom. The number of nitrogens with zero attached hydrogens (tertiary/aromatic N) is 2. The topological polar surface area (TPSA) is 37.8 Å². The molecule has 2 rings (SSSR count). The number of nitrogens with one attached hydrogen (secondary N) is 1. The van der Waals surface area contributed by atoms with E-state index in [1.165, 1.54) is 6.33 Å². The van der Waals surface area contributed by atoms with Crippen LogP contribution in [-0.2, 0) is 0 Å². The lowest BCUT2D eigenvalue weighted by atomic mass is 9.92. The van der Waals surface area contributed by atoms with Gasteiger partial charge in [0.1, 0.15) is 12.5 Å². The molecule has 2 unspecified atom stereocenters. The lowest BCUT2D eigenvalue weighted by Gasteiger charge is -2.25. The highest BCUT2D eigenvalue weighted by Gasteiger charge is 2.24. The van der Waals surface area contributed by atoms with Crippen LogP contribution < -0.4 is 5.32 Å². The summed E-state index contributed by atoms with van der Waals surface area (Å²) in [5.41, 5.74) is 0.598. The van der Waals surface area contributed by atoms with Crippen LogP contribution in [0.4, 0.5) is 4.39 Å². The molecule has 1 aromatic heterocycles. The lowest BCUT2D eigenvalue weighted by Crippen LogP contribution is -2.32. The van der Waals surface area contributed by atoms with Crippen molar-refractivity contribution in [2.24, 2.45) is 5.92 Å². The Hall–Kier alpha value is -1.03. The molecule has 0 saturated carbocycles. The molecule has 14 heavy (non-hydrogen) atoms. The molecule has 2 heterocycles. The van der Waals surface area contributed by atoms with E-state index >= 15 is 0 Å². The van der Waals surface area contributed by atoms with E-state index in [9.17, 15) is 4.39 Å². The van der Waals surface area contributed by atoms with Gasteiger partial charge in [-0.15, -0.1) is 0 Å². The molecule has 0 spiro atoms. The Bertz CT molecular complexity index is 272. The molecule has 1 aliphatic heterocycles. The standard InChI is InChI=1S/C10H14FN3/c11-10(8-2-1-3-12-4-8)9-5-13-7-14-6-9/h5-8,10,12H,1-4H2. The third kappa shape index (κ3) is 2.07. The molecule has 3 nitrogen and oxygen atoms in total. The Labute approximate surface area is 82.8 Å². The van der Waals surface area contributed by atoms with Gasteiger partial charge in [0.15, 0.2) is 0 Å². The van der Waals surface area contributed by atoms with E-state index in [0.29, 0.717) is 5.56 Å². The van der Waals surface area contributed by atoms with Gasteiger partial charge in [0, 0.05) is 30.4 Å². The van der Waals surface area contributed by atoms with Crippen molar-refractivity contribution in [3.8, 4) is 0 Å². The van der Waals surface area contributed by atoms with Crippen molar-refractivity contribution in [1.82, 2.24) is 15.3 Å². The van der Waals surface area contributed by atoms with Gasteiger partial charge in [0.2, 0.25) is 0 Å². The fourth-order valence-electron chi connectivity index (χ4n) is 1.85. The Balaban J connectivity index is 2.03. The van der Waals surface area contributed by atoms with Crippen LogP contribution in [0.3, 0.4) is 0 Å². The maximum absolute atomic E-state index is 13.9. The average molecular weight is 195 g/mol. The van der Waals surface area contributed by atoms with Crippen molar-refractivity contribution in [3.63, 3.8) is 0 Å². The van der Waals surface area contributed by atoms with E-state index in [4.69, 9.17) is 0 Å². The van der Waals surface area contributed by atoms with Crippen LogP contribution in [0.5, 0.6) is 0 Å². The van der Waals surface area contributed by atoms with E-state index in [-0.39, 0.29) is 5.92 Å². The summed E-state index contributed by atoms with van der Waals surface area (Å²) >= 11 is 0. The first-order valence-electron chi connectivity index (χ1n) is 4.97. The van der Waals surface area contributed by atoms with Crippen molar-refractivity contribution in [3.05, 3.63) is 24.3 Å². The highest BCUT2D eigenvalue weighted by Crippen LogP contribution is 2.29. The van der Waals surface area contributed by atoms with Gasteiger partial charge in [-0.3, -0.25) is 0 Å². The molecule has 2 atom stereocenters. The molecule has 0 aliphatic carbocycles. The zero-order valence-electron chi connectivity index (χ0n) is 7.99. The fourth-order valence-corrected chi connectivity index (χ4v) is 1.85. The van der Waals surface area contributed by atoms with Crippen molar-refractivity contribution >= 4 is 0 Å². The lowest BCUT2D eigenvalue weighted by molar-refractivity contribution is 0.194. The van der Waals surface area contributed by atoms with Crippen molar-refractivity contribution in [2.45, 2.75) is 19.0 Å². The number of aromatic nitrogens is 2. The maximum Gasteiger partial charge on any atom is 0.132 e. The first-order valence-corrected chi connectivity index (χ1v) is 4.97. The average Bonchev–Trinajstić information content (AvgIpc) is 2.30. The second-order valence-electron chi connectivity index (χ2n) is 3.68. The molecule has 76 valence electrons. The van der Waals surface area contributed by atoms with E-state index in [1.807, 2.05) is 0 Å². The summed E-state index contributed by atoms with van der Waals surface area (Å²) in [5, 5.41) is 3.20. The van der Waals surface area contributed by atoms with Crippen LogP contribution >= 0.6 is 0 Å². The molecule has 0 radical (unpaired) electrons. The third-order valence-corrected chi connectivity index (χ3v) is 2.65. The van der Waals surface area contributed by atoms with Gasteiger partial charge < -0.3 is 5.32 Å². The first kappa shape index (κ1) is 9.52. The molecule has 1 saturated heterocycles.